The quantitative estimate of drug-likeness (QED) is 0.765. The van der Waals surface area contributed by atoms with Crippen LogP contribution in [0.4, 0.5) is 4.39 Å². The molecule has 1 atom stereocenters. The predicted octanol–water partition coefficient (Wildman–Crippen LogP) is 4.18. The van der Waals surface area contributed by atoms with Crippen molar-refractivity contribution in [1.82, 2.24) is 4.98 Å². The zero-order chi connectivity index (χ0) is 14.1. The van der Waals surface area contributed by atoms with Gasteiger partial charge in [0.25, 0.3) is 0 Å². The zero-order valence-corrected chi connectivity index (χ0v) is 12.1. The maximum absolute atomic E-state index is 14.2. The van der Waals surface area contributed by atoms with Gasteiger partial charge in [-0.15, -0.1) is 0 Å². The minimum atomic E-state index is -0.527. The number of hydrogen-bond donors (Lipinski definition) is 1. The third kappa shape index (κ3) is 2.21. The van der Waals surface area contributed by atoms with Gasteiger partial charge in [0.05, 0.1) is 16.0 Å². The number of halogens is 2. The van der Waals surface area contributed by atoms with Gasteiger partial charge in [-0.1, -0.05) is 30.3 Å². The molecule has 1 heterocycles. The van der Waals surface area contributed by atoms with Gasteiger partial charge in [0.2, 0.25) is 0 Å². The molecule has 1 aromatic heterocycles. The highest BCUT2D eigenvalue weighted by Gasteiger charge is 2.17. The first-order valence-electron chi connectivity index (χ1n) is 6.21. The topological polar surface area (TPSA) is 38.9 Å². The second-order valence-electron chi connectivity index (χ2n) is 4.54. The molecule has 1 unspecified atom stereocenters. The molecule has 2 nitrogen and oxygen atoms in total. The van der Waals surface area contributed by atoms with Gasteiger partial charge in [0.1, 0.15) is 5.82 Å². The highest BCUT2D eigenvalue weighted by Crippen LogP contribution is 2.30. The molecule has 100 valence electrons. The zero-order valence-electron chi connectivity index (χ0n) is 10.6. The van der Waals surface area contributed by atoms with Crippen molar-refractivity contribution < 1.29 is 4.39 Å². The van der Waals surface area contributed by atoms with E-state index in [-0.39, 0.29) is 5.82 Å². The van der Waals surface area contributed by atoms with Crippen molar-refractivity contribution in [1.29, 1.82) is 0 Å². The number of nitrogens with zero attached hydrogens (tertiary/aromatic N) is 1. The Morgan fingerprint density at radius 2 is 1.75 bits per heavy atom. The number of benzene rings is 2. The molecule has 3 rings (SSSR count). The summed E-state index contributed by atoms with van der Waals surface area (Å²) in [5.41, 5.74) is 8.46. The smallest absolute Gasteiger partial charge is 0.142 e. The van der Waals surface area contributed by atoms with Gasteiger partial charge in [0.15, 0.2) is 0 Å². The number of nitrogens with two attached hydrogens (primary N) is 1. The Hall–Kier alpha value is -1.78. The molecular weight excluding hydrogens is 319 g/mol. The molecule has 2 aromatic carbocycles. The Bertz CT molecular complexity index is 768. The highest BCUT2D eigenvalue weighted by atomic mass is 79.9. The second-order valence-corrected chi connectivity index (χ2v) is 5.39. The summed E-state index contributed by atoms with van der Waals surface area (Å²) in [6, 6.07) is 14.2. The standard InChI is InChI=1S/C16H12BrFN2/c17-13-7-1-5-12(15(13)18)16(19)11-4-2-8-14-10(11)6-3-9-20-14/h1-9,16H,19H2. The molecule has 3 aromatic rings. The maximum atomic E-state index is 14.2. The normalized spacial score (nSPS) is 12.6. The van der Waals surface area contributed by atoms with Crippen LogP contribution in [0.2, 0.25) is 0 Å². The van der Waals surface area contributed by atoms with Gasteiger partial charge in [0, 0.05) is 17.1 Å². The minimum absolute atomic E-state index is 0.319. The summed E-state index contributed by atoms with van der Waals surface area (Å²) < 4.78 is 14.6. The van der Waals surface area contributed by atoms with Crippen molar-refractivity contribution in [2.24, 2.45) is 5.73 Å². The van der Waals surface area contributed by atoms with E-state index in [0.717, 1.165) is 16.5 Å². The summed E-state index contributed by atoms with van der Waals surface area (Å²) in [7, 11) is 0. The van der Waals surface area contributed by atoms with E-state index in [1.165, 1.54) is 0 Å². The highest BCUT2D eigenvalue weighted by molar-refractivity contribution is 9.10. The lowest BCUT2D eigenvalue weighted by atomic mass is 9.95. The summed E-state index contributed by atoms with van der Waals surface area (Å²) >= 11 is 3.19. The minimum Gasteiger partial charge on any atom is -0.320 e. The van der Waals surface area contributed by atoms with Crippen molar-refractivity contribution in [3.8, 4) is 0 Å². The first-order valence-corrected chi connectivity index (χ1v) is 7.01. The summed E-state index contributed by atoms with van der Waals surface area (Å²) in [5, 5.41) is 0.946. The van der Waals surface area contributed by atoms with E-state index in [9.17, 15) is 4.39 Å². The SMILES string of the molecule is NC(c1cccc(Br)c1F)c1cccc2ncccc12. The molecular formula is C16H12BrFN2. The predicted molar refractivity (Wildman–Crippen MR) is 81.9 cm³/mol. The Morgan fingerprint density at radius 3 is 2.60 bits per heavy atom. The number of fused-ring (bicyclic) bond motifs is 1. The Kier molecular flexibility index (Phi) is 3.51. The van der Waals surface area contributed by atoms with Crippen molar-refractivity contribution in [2.75, 3.05) is 0 Å². The van der Waals surface area contributed by atoms with Gasteiger partial charge in [-0.25, -0.2) is 4.39 Å². The van der Waals surface area contributed by atoms with Crippen molar-refractivity contribution in [3.05, 3.63) is 76.1 Å². The van der Waals surface area contributed by atoms with Crippen molar-refractivity contribution >= 4 is 26.8 Å². The number of rotatable bonds is 2. The van der Waals surface area contributed by atoms with Gasteiger partial charge in [-0.05, 0) is 39.7 Å². The first kappa shape index (κ1) is 13.2. The number of pyridine rings is 1. The molecule has 0 aliphatic carbocycles. The van der Waals surface area contributed by atoms with E-state index in [1.807, 2.05) is 30.3 Å². The molecule has 0 bridgehead atoms. The molecule has 0 aliphatic heterocycles. The van der Waals surface area contributed by atoms with Crippen LogP contribution in [0.5, 0.6) is 0 Å². The van der Waals surface area contributed by atoms with Crippen LogP contribution in [0.1, 0.15) is 17.2 Å². The molecule has 0 spiro atoms. The molecule has 0 fully saturated rings. The summed E-state index contributed by atoms with van der Waals surface area (Å²) in [6.45, 7) is 0. The largest absolute Gasteiger partial charge is 0.320 e. The van der Waals surface area contributed by atoms with Gasteiger partial charge in [-0.3, -0.25) is 4.98 Å². The Morgan fingerprint density at radius 1 is 1.00 bits per heavy atom. The summed E-state index contributed by atoms with van der Waals surface area (Å²) in [4.78, 5) is 4.30. The monoisotopic (exact) mass is 330 g/mol. The van der Waals surface area contributed by atoms with Crippen LogP contribution in [0.25, 0.3) is 10.9 Å². The Labute approximate surface area is 124 Å². The third-order valence-corrected chi connectivity index (χ3v) is 3.94. The lowest BCUT2D eigenvalue weighted by Gasteiger charge is -2.16. The number of hydrogen-bond acceptors (Lipinski definition) is 2. The van der Waals surface area contributed by atoms with Gasteiger partial charge in [-0.2, -0.15) is 0 Å². The molecule has 0 amide bonds. The van der Waals surface area contributed by atoms with E-state index in [0.29, 0.717) is 10.0 Å². The second kappa shape index (κ2) is 5.31. The molecule has 4 heteroatoms. The van der Waals surface area contributed by atoms with Crippen LogP contribution in [0, 0.1) is 5.82 Å². The van der Waals surface area contributed by atoms with Crippen molar-refractivity contribution in [3.63, 3.8) is 0 Å². The molecule has 0 saturated carbocycles. The number of aromatic nitrogens is 1. The van der Waals surface area contributed by atoms with Crippen LogP contribution >= 0.6 is 15.9 Å². The third-order valence-electron chi connectivity index (χ3n) is 3.33. The lowest BCUT2D eigenvalue weighted by molar-refractivity contribution is 0.594. The lowest BCUT2D eigenvalue weighted by Crippen LogP contribution is -2.14. The maximum Gasteiger partial charge on any atom is 0.142 e. The van der Waals surface area contributed by atoms with Gasteiger partial charge >= 0.3 is 0 Å². The average Bonchev–Trinajstić information content (AvgIpc) is 2.49. The summed E-state index contributed by atoms with van der Waals surface area (Å²) in [5.74, 6) is -0.319. The van der Waals surface area contributed by atoms with E-state index in [4.69, 9.17) is 5.73 Å². The van der Waals surface area contributed by atoms with Crippen LogP contribution in [-0.4, -0.2) is 4.98 Å². The molecule has 2 N–H and O–H groups in total. The van der Waals surface area contributed by atoms with Crippen LogP contribution in [-0.2, 0) is 0 Å². The average molecular weight is 331 g/mol. The van der Waals surface area contributed by atoms with E-state index >= 15 is 0 Å². The van der Waals surface area contributed by atoms with E-state index in [2.05, 4.69) is 20.9 Å². The molecule has 20 heavy (non-hydrogen) atoms. The molecule has 0 saturated heterocycles. The van der Waals surface area contributed by atoms with Gasteiger partial charge < -0.3 is 5.73 Å². The fourth-order valence-electron chi connectivity index (χ4n) is 2.33. The first-order chi connectivity index (χ1) is 9.68. The Balaban J connectivity index is 2.18. The van der Waals surface area contributed by atoms with Crippen molar-refractivity contribution in [2.45, 2.75) is 6.04 Å². The van der Waals surface area contributed by atoms with E-state index in [1.54, 1.807) is 24.4 Å². The summed E-state index contributed by atoms with van der Waals surface area (Å²) in [6.07, 6.45) is 1.73. The fraction of sp³-hybridized carbons (Fsp3) is 0.0625. The van der Waals surface area contributed by atoms with Crippen LogP contribution in [0.3, 0.4) is 0 Å². The van der Waals surface area contributed by atoms with Crippen LogP contribution in [0.15, 0.2) is 59.2 Å². The van der Waals surface area contributed by atoms with E-state index < -0.39 is 6.04 Å². The fourth-order valence-corrected chi connectivity index (χ4v) is 2.71. The molecule has 0 aliphatic rings. The van der Waals surface area contributed by atoms with Crippen LogP contribution < -0.4 is 5.73 Å². The molecule has 0 radical (unpaired) electrons.